The van der Waals surface area contributed by atoms with Gasteiger partial charge < -0.3 is 4.57 Å². The second-order valence-electron chi connectivity index (χ2n) is 15.9. The molecule has 0 radical (unpaired) electrons. The van der Waals surface area contributed by atoms with E-state index in [0.29, 0.717) is 17.5 Å². The standard InChI is InChI=1S/C58H37N5/c1-5-17-38(18-6-1)55-51-37-54-50(36-48(51)47-29-13-14-30-52(47)59-55)49-35-44(31-32-53(49)63(54)46-27-11-4-12-28-46)42-24-15-23-41(33-42)43-25-16-26-45(34-43)58-61-56(39-19-7-2-8-20-39)60-57(62-58)40-21-9-3-10-22-40/h1-37H. The molecular weight excluding hydrogens is 767 g/mol. The Morgan fingerprint density at radius 2 is 0.730 bits per heavy atom. The molecule has 0 aliphatic rings. The summed E-state index contributed by atoms with van der Waals surface area (Å²) >= 11 is 0. The van der Waals surface area contributed by atoms with Crippen molar-refractivity contribution < 1.29 is 0 Å². The van der Waals surface area contributed by atoms with Crippen molar-refractivity contribution in [3.8, 4) is 73.4 Å². The van der Waals surface area contributed by atoms with Crippen LogP contribution in [-0.2, 0) is 0 Å². The smallest absolute Gasteiger partial charge is 0.164 e. The van der Waals surface area contributed by atoms with Crippen LogP contribution in [0.15, 0.2) is 224 Å². The predicted octanol–water partition coefficient (Wildman–Crippen LogP) is 14.7. The summed E-state index contributed by atoms with van der Waals surface area (Å²) < 4.78 is 2.40. The van der Waals surface area contributed by atoms with Crippen molar-refractivity contribution in [1.82, 2.24) is 24.5 Å². The highest BCUT2D eigenvalue weighted by atomic mass is 15.0. The van der Waals surface area contributed by atoms with Crippen molar-refractivity contribution in [2.45, 2.75) is 0 Å². The van der Waals surface area contributed by atoms with Gasteiger partial charge in [-0.25, -0.2) is 19.9 Å². The van der Waals surface area contributed by atoms with Gasteiger partial charge in [0.2, 0.25) is 0 Å². The summed E-state index contributed by atoms with van der Waals surface area (Å²) in [6.45, 7) is 0. The molecule has 5 heteroatoms. The van der Waals surface area contributed by atoms with Gasteiger partial charge >= 0.3 is 0 Å². The van der Waals surface area contributed by atoms with Gasteiger partial charge in [0.1, 0.15) is 0 Å². The van der Waals surface area contributed by atoms with Crippen LogP contribution in [0.1, 0.15) is 0 Å². The van der Waals surface area contributed by atoms with E-state index < -0.39 is 0 Å². The lowest BCUT2D eigenvalue weighted by molar-refractivity contribution is 1.07. The lowest BCUT2D eigenvalue weighted by atomic mass is 9.96. The molecule has 0 unspecified atom stereocenters. The van der Waals surface area contributed by atoms with Crippen molar-refractivity contribution in [3.63, 3.8) is 0 Å². The second-order valence-corrected chi connectivity index (χ2v) is 15.9. The van der Waals surface area contributed by atoms with Crippen LogP contribution in [0.2, 0.25) is 0 Å². The number of hydrogen-bond acceptors (Lipinski definition) is 4. The third-order valence-electron chi connectivity index (χ3n) is 12.0. The van der Waals surface area contributed by atoms with Crippen molar-refractivity contribution in [2.75, 3.05) is 0 Å². The first-order chi connectivity index (χ1) is 31.2. The molecule has 0 amide bonds. The zero-order chi connectivity index (χ0) is 41.7. The summed E-state index contributed by atoms with van der Waals surface area (Å²) in [5, 5.41) is 5.86. The monoisotopic (exact) mass is 803 g/mol. The van der Waals surface area contributed by atoms with Crippen LogP contribution in [0.25, 0.3) is 117 Å². The predicted molar refractivity (Wildman–Crippen MR) is 260 cm³/mol. The number of benzene rings is 9. The molecule has 12 aromatic rings. The van der Waals surface area contributed by atoms with Crippen molar-refractivity contribution >= 4 is 43.5 Å². The van der Waals surface area contributed by atoms with E-state index >= 15 is 0 Å². The number of fused-ring (bicyclic) bond motifs is 6. The third kappa shape index (κ3) is 6.51. The molecule has 3 heterocycles. The van der Waals surface area contributed by atoms with Gasteiger partial charge in [0.25, 0.3) is 0 Å². The minimum absolute atomic E-state index is 0.632. The molecule has 63 heavy (non-hydrogen) atoms. The van der Waals surface area contributed by atoms with Crippen LogP contribution in [0.5, 0.6) is 0 Å². The number of rotatable bonds is 7. The summed E-state index contributed by atoms with van der Waals surface area (Å²) in [5.74, 6) is 1.92. The number of aromatic nitrogens is 5. The van der Waals surface area contributed by atoms with Gasteiger partial charge in [0.05, 0.1) is 22.2 Å². The van der Waals surface area contributed by atoms with Crippen LogP contribution in [0.3, 0.4) is 0 Å². The quantitative estimate of drug-likeness (QED) is 0.151. The number of pyridine rings is 1. The molecule has 0 saturated carbocycles. The van der Waals surface area contributed by atoms with Gasteiger partial charge in [-0.05, 0) is 82.2 Å². The molecule has 9 aromatic carbocycles. The minimum Gasteiger partial charge on any atom is -0.309 e. The van der Waals surface area contributed by atoms with Crippen LogP contribution in [-0.4, -0.2) is 24.5 Å². The van der Waals surface area contributed by atoms with E-state index in [1.54, 1.807) is 0 Å². The van der Waals surface area contributed by atoms with Gasteiger partial charge in [0, 0.05) is 49.5 Å². The molecule has 3 aromatic heterocycles. The van der Waals surface area contributed by atoms with Gasteiger partial charge in [-0.15, -0.1) is 0 Å². The topological polar surface area (TPSA) is 56.5 Å². The summed E-state index contributed by atoms with van der Waals surface area (Å²) in [4.78, 5) is 20.2. The molecule has 0 bridgehead atoms. The first-order valence-electron chi connectivity index (χ1n) is 21.2. The van der Waals surface area contributed by atoms with E-state index in [1.807, 2.05) is 60.7 Å². The first-order valence-corrected chi connectivity index (χ1v) is 21.2. The van der Waals surface area contributed by atoms with E-state index in [0.717, 1.165) is 83.2 Å². The average Bonchev–Trinajstić information content (AvgIpc) is 3.69. The van der Waals surface area contributed by atoms with E-state index in [4.69, 9.17) is 19.9 Å². The van der Waals surface area contributed by atoms with Crippen LogP contribution in [0, 0.1) is 0 Å². The van der Waals surface area contributed by atoms with Gasteiger partial charge in [0.15, 0.2) is 17.5 Å². The number of hydrogen-bond donors (Lipinski definition) is 0. The van der Waals surface area contributed by atoms with Crippen LogP contribution >= 0.6 is 0 Å². The Morgan fingerprint density at radius 3 is 1.37 bits per heavy atom. The lowest BCUT2D eigenvalue weighted by Crippen LogP contribution is -2.00. The summed E-state index contributed by atoms with van der Waals surface area (Å²) in [7, 11) is 0. The maximum absolute atomic E-state index is 5.26. The zero-order valence-corrected chi connectivity index (χ0v) is 34.1. The molecule has 5 nitrogen and oxygen atoms in total. The molecule has 294 valence electrons. The van der Waals surface area contributed by atoms with Gasteiger partial charge in [-0.2, -0.15) is 0 Å². The van der Waals surface area contributed by atoms with E-state index in [1.165, 1.54) is 16.2 Å². The number of nitrogens with zero attached hydrogens (tertiary/aromatic N) is 5. The number of para-hydroxylation sites is 2. The van der Waals surface area contributed by atoms with Crippen LogP contribution < -0.4 is 0 Å². The van der Waals surface area contributed by atoms with Gasteiger partial charge in [-0.1, -0.05) is 170 Å². The molecule has 0 spiro atoms. The Balaban J connectivity index is 1.00. The van der Waals surface area contributed by atoms with Crippen molar-refractivity contribution in [3.05, 3.63) is 224 Å². The maximum atomic E-state index is 5.26. The molecular formula is C58H37N5. The third-order valence-corrected chi connectivity index (χ3v) is 12.0. The minimum atomic E-state index is 0.632. The van der Waals surface area contributed by atoms with Crippen molar-refractivity contribution in [1.29, 1.82) is 0 Å². The maximum Gasteiger partial charge on any atom is 0.164 e. The molecule has 0 aliphatic carbocycles. The molecule has 0 atom stereocenters. The van der Waals surface area contributed by atoms with Crippen LogP contribution in [0.4, 0.5) is 0 Å². The lowest BCUT2D eigenvalue weighted by Gasteiger charge is -2.12. The fourth-order valence-corrected chi connectivity index (χ4v) is 8.97. The highest BCUT2D eigenvalue weighted by Crippen LogP contribution is 2.41. The molecule has 0 saturated heterocycles. The second kappa shape index (κ2) is 15.2. The molecule has 0 fully saturated rings. The van der Waals surface area contributed by atoms with E-state index in [2.05, 4.69) is 168 Å². The van der Waals surface area contributed by atoms with E-state index in [9.17, 15) is 0 Å². The summed E-state index contributed by atoms with van der Waals surface area (Å²) in [5.41, 5.74) is 13.8. The summed E-state index contributed by atoms with van der Waals surface area (Å²) in [6, 6.07) is 78.9. The average molecular weight is 804 g/mol. The van der Waals surface area contributed by atoms with Gasteiger partial charge in [-0.3, -0.25) is 0 Å². The Bertz CT molecular complexity index is 3600. The molecule has 0 aliphatic heterocycles. The van der Waals surface area contributed by atoms with E-state index in [-0.39, 0.29) is 0 Å². The molecule has 0 N–H and O–H groups in total. The Morgan fingerprint density at radius 1 is 0.254 bits per heavy atom. The highest BCUT2D eigenvalue weighted by molar-refractivity contribution is 6.20. The molecule has 12 rings (SSSR count). The normalized spacial score (nSPS) is 11.5. The summed E-state index contributed by atoms with van der Waals surface area (Å²) in [6.07, 6.45) is 0. The highest BCUT2D eigenvalue weighted by Gasteiger charge is 2.19. The Kier molecular flexibility index (Phi) is 8.75. The fourth-order valence-electron chi connectivity index (χ4n) is 8.97. The Labute approximate surface area is 364 Å². The fraction of sp³-hybridized carbons (Fsp3) is 0. The van der Waals surface area contributed by atoms with Crippen molar-refractivity contribution in [2.24, 2.45) is 0 Å². The SMILES string of the molecule is c1ccc(-c2nc(-c3ccccc3)nc(-c3cccc(-c4cccc(-c5ccc6c(c5)c5cc7c(cc5n6-c5ccccc5)c(-c5ccccc5)nc5ccccc57)c4)c3)n2)cc1. The Hall–Kier alpha value is -8.54. The zero-order valence-electron chi connectivity index (χ0n) is 34.1. The largest absolute Gasteiger partial charge is 0.309 e. The first kappa shape index (κ1) is 36.3.